The molecule has 1 aromatic heterocycles. The van der Waals surface area contributed by atoms with Crippen molar-refractivity contribution >= 4 is 17.2 Å². The van der Waals surface area contributed by atoms with Gasteiger partial charge in [0.15, 0.2) is 0 Å². The van der Waals surface area contributed by atoms with E-state index in [1.807, 2.05) is 4.90 Å². The summed E-state index contributed by atoms with van der Waals surface area (Å²) in [5.74, 6) is 0.0822. The number of morpholine rings is 1. The number of ether oxygens (including phenoxy) is 1. The third-order valence-electron chi connectivity index (χ3n) is 5.05. The van der Waals surface area contributed by atoms with Crippen molar-refractivity contribution in [3.05, 3.63) is 35.0 Å². The van der Waals surface area contributed by atoms with Gasteiger partial charge in [-0.25, -0.2) is 0 Å². The first-order valence-electron chi connectivity index (χ1n) is 7.92. The molecule has 0 bridgehead atoms. The van der Waals surface area contributed by atoms with E-state index in [-0.39, 0.29) is 24.2 Å². The normalized spacial score (nSPS) is 25.6. The zero-order valence-corrected chi connectivity index (χ0v) is 14.0. The minimum atomic E-state index is -0.179. The van der Waals surface area contributed by atoms with Crippen LogP contribution in [0.4, 0.5) is 0 Å². The van der Waals surface area contributed by atoms with E-state index in [4.69, 9.17) is 4.74 Å². The first kappa shape index (κ1) is 15.7. The molecule has 2 aliphatic rings. The van der Waals surface area contributed by atoms with Gasteiger partial charge in [0.25, 0.3) is 0 Å². The molecule has 1 spiro atoms. The molecular formula is C17H24N2O2S. The van der Waals surface area contributed by atoms with Crippen molar-refractivity contribution in [1.29, 1.82) is 0 Å². The third kappa shape index (κ3) is 2.98. The van der Waals surface area contributed by atoms with E-state index < -0.39 is 0 Å². The van der Waals surface area contributed by atoms with Crippen LogP contribution in [0.5, 0.6) is 0 Å². The van der Waals surface area contributed by atoms with Gasteiger partial charge in [-0.15, -0.1) is 6.58 Å². The van der Waals surface area contributed by atoms with Crippen LogP contribution in [0.2, 0.25) is 0 Å². The van der Waals surface area contributed by atoms with E-state index in [1.54, 1.807) is 17.4 Å². The molecule has 5 heteroatoms. The van der Waals surface area contributed by atoms with Crippen LogP contribution in [0.15, 0.2) is 29.5 Å². The van der Waals surface area contributed by atoms with Gasteiger partial charge >= 0.3 is 0 Å². The van der Waals surface area contributed by atoms with Gasteiger partial charge in [0.1, 0.15) is 6.61 Å². The average Bonchev–Trinajstić information content (AvgIpc) is 3.03. The van der Waals surface area contributed by atoms with E-state index in [1.165, 1.54) is 5.56 Å². The molecule has 0 aromatic carbocycles. The van der Waals surface area contributed by atoms with Crippen LogP contribution in [0.3, 0.4) is 0 Å². The lowest BCUT2D eigenvalue weighted by Crippen LogP contribution is -2.63. The molecule has 4 nitrogen and oxygen atoms in total. The van der Waals surface area contributed by atoms with Gasteiger partial charge < -0.3 is 9.64 Å². The van der Waals surface area contributed by atoms with Gasteiger partial charge in [-0.3, -0.25) is 9.69 Å². The summed E-state index contributed by atoms with van der Waals surface area (Å²) in [6, 6.07) is 2.31. The molecule has 3 rings (SSSR count). The summed E-state index contributed by atoms with van der Waals surface area (Å²) in [6.45, 7) is 9.78. The molecule has 1 unspecified atom stereocenters. The fourth-order valence-electron chi connectivity index (χ4n) is 3.60. The second kappa shape index (κ2) is 6.52. The number of rotatable bonds is 4. The number of carbonyl (C=O) groups excluding carboxylic acids is 1. The third-order valence-corrected chi connectivity index (χ3v) is 5.78. The van der Waals surface area contributed by atoms with Crippen molar-refractivity contribution < 1.29 is 9.53 Å². The monoisotopic (exact) mass is 320 g/mol. The minimum Gasteiger partial charge on any atom is -0.363 e. The highest BCUT2D eigenvalue weighted by molar-refractivity contribution is 7.07. The number of piperidine rings is 1. The second-order valence-corrected chi connectivity index (χ2v) is 7.05. The maximum Gasteiger partial charge on any atom is 0.249 e. The Morgan fingerprint density at radius 2 is 2.27 bits per heavy atom. The number of amides is 1. The quantitative estimate of drug-likeness (QED) is 0.799. The zero-order chi connectivity index (χ0) is 15.6. The van der Waals surface area contributed by atoms with Crippen LogP contribution in [0.25, 0.3) is 0 Å². The van der Waals surface area contributed by atoms with E-state index in [0.717, 1.165) is 32.5 Å². The maximum absolute atomic E-state index is 12.0. The van der Waals surface area contributed by atoms with Crippen LogP contribution in [0, 0.1) is 0 Å². The predicted octanol–water partition coefficient (Wildman–Crippen LogP) is 2.52. The maximum atomic E-state index is 12.0. The van der Waals surface area contributed by atoms with E-state index in [9.17, 15) is 4.79 Å². The van der Waals surface area contributed by atoms with E-state index in [2.05, 4.69) is 35.2 Å². The Morgan fingerprint density at radius 3 is 2.91 bits per heavy atom. The van der Waals surface area contributed by atoms with Crippen molar-refractivity contribution in [2.24, 2.45) is 0 Å². The molecule has 1 aromatic rings. The standard InChI is InChI=1S/C17H24N2O2S/c1-3-7-19-14(2)17(21-12-16(19)20)5-8-18(9-6-17)11-15-4-10-22-13-15/h3-4,10,13-14H,1,5-9,11-12H2,2H3. The molecule has 0 saturated carbocycles. The van der Waals surface area contributed by atoms with Crippen molar-refractivity contribution in [3.8, 4) is 0 Å². The Labute approximate surface area is 136 Å². The lowest BCUT2D eigenvalue weighted by molar-refractivity contribution is -0.185. The highest BCUT2D eigenvalue weighted by atomic mass is 32.1. The van der Waals surface area contributed by atoms with Gasteiger partial charge in [-0.05, 0) is 42.2 Å². The number of nitrogens with zero attached hydrogens (tertiary/aromatic N) is 2. The van der Waals surface area contributed by atoms with Gasteiger partial charge in [0.2, 0.25) is 5.91 Å². The zero-order valence-electron chi connectivity index (χ0n) is 13.2. The summed E-state index contributed by atoms with van der Waals surface area (Å²) in [4.78, 5) is 16.4. The minimum absolute atomic E-state index is 0.0822. The summed E-state index contributed by atoms with van der Waals surface area (Å²) in [5, 5.41) is 4.35. The Bertz CT molecular complexity index is 521. The molecular weight excluding hydrogens is 296 g/mol. The summed E-state index contributed by atoms with van der Waals surface area (Å²) >= 11 is 1.75. The molecule has 2 fully saturated rings. The molecule has 0 aliphatic carbocycles. The van der Waals surface area contributed by atoms with Gasteiger partial charge in [-0.2, -0.15) is 11.3 Å². The highest BCUT2D eigenvalue weighted by Crippen LogP contribution is 2.36. The number of likely N-dealkylation sites (tertiary alicyclic amines) is 1. The molecule has 0 N–H and O–H groups in total. The number of thiophene rings is 1. The van der Waals surface area contributed by atoms with Crippen molar-refractivity contribution in [3.63, 3.8) is 0 Å². The Morgan fingerprint density at radius 1 is 1.50 bits per heavy atom. The first-order valence-corrected chi connectivity index (χ1v) is 8.87. The van der Waals surface area contributed by atoms with E-state index in [0.29, 0.717) is 6.54 Å². The lowest BCUT2D eigenvalue weighted by Gasteiger charge is -2.51. The fraction of sp³-hybridized carbons (Fsp3) is 0.588. The topological polar surface area (TPSA) is 32.8 Å². The highest BCUT2D eigenvalue weighted by Gasteiger charge is 2.47. The number of hydrogen-bond acceptors (Lipinski definition) is 4. The van der Waals surface area contributed by atoms with Crippen molar-refractivity contribution in [2.75, 3.05) is 26.2 Å². The van der Waals surface area contributed by atoms with Crippen LogP contribution in [-0.4, -0.2) is 53.6 Å². The van der Waals surface area contributed by atoms with Crippen molar-refractivity contribution in [1.82, 2.24) is 9.80 Å². The van der Waals surface area contributed by atoms with Gasteiger partial charge in [0, 0.05) is 26.2 Å². The molecule has 3 heterocycles. The SMILES string of the molecule is C=CCN1C(=O)COC2(CCN(Cc3ccsc3)CC2)C1C. The summed E-state index contributed by atoms with van der Waals surface area (Å²) in [5.41, 5.74) is 1.21. The predicted molar refractivity (Wildman–Crippen MR) is 88.9 cm³/mol. The molecule has 1 amide bonds. The first-order chi connectivity index (χ1) is 10.6. The molecule has 2 saturated heterocycles. The van der Waals surface area contributed by atoms with Crippen LogP contribution >= 0.6 is 11.3 Å². The lowest BCUT2D eigenvalue weighted by atomic mass is 9.82. The van der Waals surface area contributed by atoms with Crippen molar-refractivity contribution in [2.45, 2.75) is 38.0 Å². The van der Waals surface area contributed by atoms with Crippen LogP contribution in [-0.2, 0) is 16.1 Å². The Hall–Kier alpha value is -1.17. The van der Waals surface area contributed by atoms with E-state index >= 15 is 0 Å². The largest absolute Gasteiger partial charge is 0.363 e. The average molecular weight is 320 g/mol. The second-order valence-electron chi connectivity index (χ2n) is 6.27. The number of hydrogen-bond donors (Lipinski definition) is 0. The van der Waals surface area contributed by atoms with Gasteiger partial charge in [0.05, 0.1) is 11.6 Å². The Kier molecular flexibility index (Phi) is 4.66. The molecule has 2 aliphatic heterocycles. The fourth-order valence-corrected chi connectivity index (χ4v) is 4.26. The molecule has 0 radical (unpaired) electrons. The van der Waals surface area contributed by atoms with Crippen LogP contribution in [0.1, 0.15) is 25.3 Å². The summed E-state index contributed by atoms with van der Waals surface area (Å²) in [6.07, 6.45) is 3.78. The summed E-state index contributed by atoms with van der Waals surface area (Å²) in [7, 11) is 0. The van der Waals surface area contributed by atoms with Crippen LogP contribution < -0.4 is 0 Å². The molecule has 22 heavy (non-hydrogen) atoms. The molecule has 1 atom stereocenters. The molecule has 120 valence electrons. The number of carbonyl (C=O) groups is 1. The Balaban J connectivity index is 1.63. The smallest absolute Gasteiger partial charge is 0.249 e. The summed E-state index contributed by atoms with van der Waals surface area (Å²) < 4.78 is 6.04. The van der Waals surface area contributed by atoms with Gasteiger partial charge in [-0.1, -0.05) is 6.08 Å².